The van der Waals surface area contributed by atoms with Crippen LogP contribution in [0.25, 0.3) is 11.1 Å². The van der Waals surface area contributed by atoms with E-state index >= 15 is 0 Å². The first kappa shape index (κ1) is 14.9. The molecule has 1 fully saturated rings. The van der Waals surface area contributed by atoms with Gasteiger partial charge in [0.05, 0.1) is 5.69 Å². The minimum Gasteiger partial charge on any atom is -0.367 e. The minimum atomic E-state index is 0.664. The van der Waals surface area contributed by atoms with Gasteiger partial charge in [-0.1, -0.05) is 29.8 Å². The van der Waals surface area contributed by atoms with Crippen LogP contribution in [-0.2, 0) is 0 Å². The molecule has 0 spiro atoms. The van der Waals surface area contributed by atoms with Gasteiger partial charge in [-0.25, -0.2) is 0 Å². The van der Waals surface area contributed by atoms with E-state index in [1.54, 1.807) is 11.3 Å². The molecule has 1 N–H and O–H groups in total. The highest BCUT2D eigenvalue weighted by molar-refractivity contribution is 7.99. The average Bonchev–Trinajstić information content (AvgIpc) is 2.78. The Labute approximate surface area is 148 Å². The predicted molar refractivity (Wildman–Crippen MR) is 103 cm³/mol. The number of benzene rings is 2. The molecule has 24 heavy (non-hydrogen) atoms. The van der Waals surface area contributed by atoms with Crippen molar-refractivity contribution in [1.29, 1.82) is 0 Å². The van der Waals surface area contributed by atoms with Crippen molar-refractivity contribution in [3.8, 4) is 11.1 Å². The van der Waals surface area contributed by atoms with Crippen molar-refractivity contribution in [2.24, 2.45) is 0 Å². The number of thioether (sulfide) groups is 1. The molecule has 2 aromatic carbocycles. The lowest BCUT2D eigenvalue weighted by atomic mass is 9.88. The smallest absolute Gasteiger partial charge is 0.0544 e. The molecule has 5 rings (SSSR count). The summed E-state index contributed by atoms with van der Waals surface area (Å²) in [6.07, 6.45) is 2.58. The van der Waals surface area contributed by atoms with Crippen molar-refractivity contribution in [1.82, 2.24) is 5.32 Å². The molecule has 0 aromatic heterocycles. The Balaban J connectivity index is 1.67. The number of nitrogens with zero attached hydrogens (tertiary/aromatic N) is 1. The summed E-state index contributed by atoms with van der Waals surface area (Å²) in [6, 6.07) is 14.6. The summed E-state index contributed by atoms with van der Waals surface area (Å²) in [5.74, 6) is 1.91. The molecular weight excluding hydrogens is 312 g/mol. The van der Waals surface area contributed by atoms with Gasteiger partial charge in [0.1, 0.15) is 0 Å². The average molecular weight is 337 g/mol. The Morgan fingerprint density at radius 3 is 2.88 bits per heavy atom. The van der Waals surface area contributed by atoms with Crippen LogP contribution in [0.4, 0.5) is 5.69 Å². The number of fused-ring (bicyclic) bond motifs is 3. The van der Waals surface area contributed by atoms with Gasteiger partial charge in [-0.3, -0.25) is 0 Å². The summed E-state index contributed by atoms with van der Waals surface area (Å²) in [5.41, 5.74) is 7.23. The molecule has 3 heterocycles. The number of hydrogen-bond acceptors (Lipinski definition) is 3. The molecule has 3 heteroatoms. The lowest BCUT2D eigenvalue weighted by molar-refractivity contribution is 0.403. The second-order valence-corrected chi connectivity index (χ2v) is 8.48. The van der Waals surface area contributed by atoms with Crippen molar-refractivity contribution >= 4 is 17.4 Å². The fourth-order valence-corrected chi connectivity index (χ4v) is 5.71. The number of piperidine rings is 1. The zero-order chi connectivity index (χ0) is 16.1. The molecule has 0 radical (unpaired) electrons. The first-order valence-corrected chi connectivity index (χ1v) is 10.1. The van der Waals surface area contributed by atoms with Gasteiger partial charge in [0.15, 0.2) is 0 Å². The standard InChI is InChI=1S/C21H24N2S/c1-14-3-5-15(6-4-14)16-11-17-18-13-22-8-7-19(18)23-9-2-10-24-20(12-16)21(17)23/h3-6,11-12,18-19,22H,2,7-10,13H2,1H3. The summed E-state index contributed by atoms with van der Waals surface area (Å²) >= 11 is 2.06. The van der Waals surface area contributed by atoms with Gasteiger partial charge in [0.25, 0.3) is 0 Å². The van der Waals surface area contributed by atoms with Crippen LogP contribution in [0.5, 0.6) is 0 Å². The molecule has 0 amide bonds. The SMILES string of the molecule is Cc1ccc(-c2cc3c4c(c2)C2CNCCC2N4CCCS3)cc1. The Hall–Kier alpha value is -1.45. The van der Waals surface area contributed by atoms with Crippen molar-refractivity contribution < 1.29 is 0 Å². The molecule has 124 valence electrons. The quantitative estimate of drug-likeness (QED) is 0.830. The minimum absolute atomic E-state index is 0.664. The number of anilines is 1. The van der Waals surface area contributed by atoms with Crippen LogP contribution in [0, 0.1) is 6.92 Å². The molecule has 0 saturated carbocycles. The van der Waals surface area contributed by atoms with Gasteiger partial charge in [0, 0.05) is 29.9 Å². The van der Waals surface area contributed by atoms with E-state index in [1.807, 2.05) is 0 Å². The van der Waals surface area contributed by atoms with E-state index in [1.165, 1.54) is 53.3 Å². The Bertz CT molecular complexity index is 768. The number of nitrogens with one attached hydrogen (secondary N) is 1. The predicted octanol–water partition coefficient (Wildman–Crippen LogP) is 4.42. The highest BCUT2D eigenvalue weighted by Gasteiger charge is 2.41. The van der Waals surface area contributed by atoms with Gasteiger partial charge in [-0.15, -0.1) is 11.8 Å². The van der Waals surface area contributed by atoms with Gasteiger partial charge in [-0.2, -0.15) is 0 Å². The van der Waals surface area contributed by atoms with Crippen LogP contribution in [0.3, 0.4) is 0 Å². The maximum Gasteiger partial charge on any atom is 0.0544 e. The van der Waals surface area contributed by atoms with Gasteiger partial charge >= 0.3 is 0 Å². The number of aryl methyl sites for hydroxylation is 1. The monoisotopic (exact) mass is 336 g/mol. The van der Waals surface area contributed by atoms with Crippen LogP contribution in [-0.4, -0.2) is 31.4 Å². The van der Waals surface area contributed by atoms with E-state index < -0.39 is 0 Å². The summed E-state index contributed by atoms with van der Waals surface area (Å²) in [6.45, 7) is 5.69. The van der Waals surface area contributed by atoms with Crippen molar-refractivity contribution in [2.45, 2.75) is 36.6 Å². The number of hydrogen-bond donors (Lipinski definition) is 1. The number of rotatable bonds is 1. The highest BCUT2D eigenvalue weighted by Crippen LogP contribution is 2.51. The molecule has 3 aliphatic heterocycles. The van der Waals surface area contributed by atoms with Crippen molar-refractivity contribution in [3.05, 3.63) is 47.5 Å². The molecule has 0 bridgehead atoms. The molecule has 2 atom stereocenters. The fraction of sp³-hybridized carbons (Fsp3) is 0.429. The fourth-order valence-electron chi connectivity index (χ4n) is 4.64. The van der Waals surface area contributed by atoms with E-state index in [9.17, 15) is 0 Å². The van der Waals surface area contributed by atoms with E-state index in [4.69, 9.17) is 0 Å². The van der Waals surface area contributed by atoms with Gasteiger partial charge in [-0.05, 0) is 60.9 Å². The lowest BCUT2D eigenvalue weighted by Crippen LogP contribution is -2.44. The molecule has 1 saturated heterocycles. The summed E-state index contributed by atoms with van der Waals surface area (Å²) < 4.78 is 0. The van der Waals surface area contributed by atoms with E-state index in [0.717, 1.165) is 6.54 Å². The van der Waals surface area contributed by atoms with Crippen LogP contribution in [0.1, 0.15) is 29.9 Å². The topological polar surface area (TPSA) is 15.3 Å². The third kappa shape index (κ3) is 2.29. The third-order valence-electron chi connectivity index (χ3n) is 5.82. The zero-order valence-corrected chi connectivity index (χ0v) is 15.0. The Kier molecular flexibility index (Phi) is 3.60. The van der Waals surface area contributed by atoms with Crippen molar-refractivity contribution in [3.63, 3.8) is 0 Å². The molecule has 2 aromatic rings. The van der Waals surface area contributed by atoms with Crippen molar-refractivity contribution in [2.75, 3.05) is 30.3 Å². The molecular formula is C21H24N2S. The second kappa shape index (κ2) is 5.82. The maximum absolute atomic E-state index is 3.63. The maximum atomic E-state index is 3.63. The van der Waals surface area contributed by atoms with Crippen LogP contribution in [0.15, 0.2) is 41.3 Å². The van der Waals surface area contributed by atoms with E-state index in [0.29, 0.717) is 12.0 Å². The second-order valence-electron chi connectivity index (χ2n) is 7.34. The first-order valence-electron chi connectivity index (χ1n) is 9.16. The van der Waals surface area contributed by atoms with Crippen LogP contribution >= 0.6 is 11.8 Å². The van der Waals surface area contributed by atoms with Crippen LogP contribution < -0.4 is 10.2 Å². The molecule has 0 aliphatic carbocycles. The lowest BCUT2D eigenvalue weighted by Gasteiger charge is -2.33. The van der Waals surface area contributed by atoms with Gasteiger partial charge < -0.3 is 10.2 Å². The zero-order valence-electron chi connectivity index (χ0n) is 14.2. The van der Waals surface area contributed by atoms with Crippen LogP contribution in [0.2, 0.25) is 0 Å². The molecule has 2 unspecified atom stereocenters. The normalized spacial score (nSPS) is 25.1. The Morgan fingerprint density at radius 1 is 1.12 bits per heavy atom. The van der Waals surface area contributed by atoms with Gasteiger partial charge in [0.2, 0.25) is 0 Å². The summed E-state index contributed by atoms with van der Waals surface area (Å²) in [7, 11) is 0. The third-order valence-corrected chi connectivity index (χ3v) is 6.94. The van der Waals surface area contributed by atoms with E-state index in [-0.39, 0.29) is 0 Å². The molecule has 2 nitrogen and oxygen atoms in total. The Morgan fingerprint density at radius 2 is 2.00 bits per heavy atom. The highest BCUT2D eigenvalue weighted by atomic mass is 32.2. The molecule has 3 aliphatic rings. The summed E-state index contributed by atoms with van der Waals surface area (Å²) in [5, 5.41) is 3.63. The van der Waals surface area contributed by atoms with E-state index in [2.05, 4.69) is 65.3 Å². The summed E-state index contributed by atoms with van der Waals surface area (Å²) in [4.78, 5) is 4.25. The first-order chi connectivity index (χ1) is 11.8. The largest absolute Gasteiger partial charge is 0.367 e.